The maximum absolute atomic E-state index is 13.0. The maximum Gasteiger partial charge on any atom is 0.254 e. The fourth-order valence-corrected chi connectivity index (χ4v) is 3.44. The molecule has 3 heterocycles. The third-order valence-corrected chi connectivity index (χ3v) is 4.88. The van der Waals surface area contributed by atoms with Crippen molar-refractivity contribution in [2.75, 3.05) is 31.1 Å². The Morgan fingerprint density at radius 1 is 1.12 bits per heavy atom. The number of hydrogen-bond donors (Lipinski definition) is 0. The fraction of sp³-hybridized carbons (Fsp3) is 0.278. The number of anilines is 1. The first-order valence-corrected chi connectivity index (χ1v) is 8.57. The summed E-state index contributed by atoms with van der Waals surface area (Å²) in [6.45, 7) is 2.76. The molecule has 1 aliphatic heterocycles. The molecular weight excluding hydrogens is 338 g/mol. The van der Waals surface area contributed by atoms with E-state index < -0.39 is 0 Å². The third kappa shape index (κ3) is 2.93. The number of halogens is 1. The Hall–Kier alpha value is -2.60. The minimum absolute atomic E-state index is 0.0807. The van der Waals surface area contributed by atoms with Crippen LogP contribution >= 0.6 is 11.6 Å². The maximum atomic E-state index is 13.0. The molecule has 0 radical (unpaired) electrons. The van der Waals surface area contributed by atoms with Crippen molar-refractivity contribution in [3.8, 4) is 0 Å². The van der Waals surface area contributed by atoms with E-state index in [4.69, 9.17) is 11.6 Å². The SMILES string of the molecule is Cn1ccc2c(C(=O)N3CCN(c4cc(Cl)ncn4)CC3)cccc21. The predicted molar refractivity (Wildman–Crippen MR) is 98.1 cm³/mol. The Morgan fingerprint density at radius 2 is 1.92 bits per heavy atom. The summed E-state index contributed by atoms with van der Waals surface area (Å²) in [4.78, 5) is 25.2. The van der Waals surface area contributed by atoms with Gasteiger partial charge in [-0.15, -0.1) is 0 Å². The van der Waals surface area contributed by atoms with E-state index in [0.717, 1.165) is 35.4 Å². The second-order valence-electron chi connectivity index (χ2n) is 6.14. The molecular formula is C18H18ClN5O. The second-order valence-corrected chi connectivity index (χ2v) is 6.53. The number of carbonyl (C=O) groups is 1. The van der Waals surface area contributed by atoms with Gasteiger partial charge >= 0.3 is 0 Å². The molecule has 25 heavy (non-hydrogen) atoms. The molecule has 7 heteroatoms. The number of amides is 1. The van der Waals surface area contributed by atoms with Gasteiger partial charge in [0, 0.05) is 62.0 Å². The van der Waals surface area contributed by atoms with E-state index in [1.807, 2.05) is 47.0 Å². The summed E-state index contributed by atoms with van der Waals surface area (Å²) < 4.78 is 2.03. The summed E-state index contributed by atoms with van der Waals surface area (Å²) in [5, 5.41) is 1.43. The fourth-order valence-electron chi connectivity index (χ4n) is 3.30. The van der Waals surface area contributed by atoms with Crippen LogP contribution in [0.3, 0.4) is 0 Å². The number of benzene rings is 1. The lowest BCUT2D eigenvalue weighted by Gasteiger charge is -2.35. The van der Waals surface area contributed by atoms with Crippen LogP contribution in [0.2, 0.25) is 5.15 Å². The van der Waals surface area contributed by atoms with Crippen LogP contribution in [0.1, 0.15) is 10.4 Å². The number of aromatic nitrogens is 3. The smallest absolute Gasteiger partial charge is 0.254 e. The Morgan fingerprint density at radius 3 is 2.68 bits per heavy atom. The monoisotopic (exact) mass is 355 g/mol. The van der Waals surface area contributed by atoms with Crippen LogP contribution < -0.4 is 4.90 Å². The molecule has 0 bridgehead atoms. The summed E-state index contributed by atoms with van der Waals surface area (Å²) >= 11 is 5.94. The Labute approximate surface area is 150 Å². The van der Waals surface area contributed by atoms with E-state index in [9.17, 15) is 4.79 Å². The standard InChI is InChI=1S/C18H18ClN5O/c1-22-6-5-13-14(3-2-4-15(13)22)18(25)24-9-7-23(8-10-24)17-11-16(19)20-12-21-17/h2-6,11-12H,7-10H2,1H3. The summed E-state index contributed by atoms with van der Waals surface area (Å²) in [7, 11) is 1.99. The molecule has 0 N–H and O–H groups in total. The zero-order chi connectivity index (χ0) is 17.4. The van der Waals surface area contributed by atoms with Gasteiger partial charge in [-0.05, 0) is 18.2 Å². The first kappa shape index (κ1) is 15.9. The van der Waals surface area contributed by atoms with E-state index in [-0.39, 0.29) is 5.91 Å². The van der Waals surface area contributed by atoms with Gasteiger partial charge in [0.2, 0.25) is 0 Å². The number of nitrogens with zero attached hydrogens (tertiary/aromatic N) is 5. The summed E-state index contributed by atoms with van der Waals surface area (Å²) in [5.41, 5.74) is 1.83. The molecule has 1 saturated heterocycles. The number of fused-ring (bicyclic) bond motifs is 1. The zero-order valence-corrected chi connectivity index (χ0v) is 14.6. The van der Waals surface area contributed by atoms with Crippen LogP contribution in [0.4, 0.5) is 5.82 Å². The molecule has 0 atom stereocenters. The first-order chi connectivity index (χ1) is 12.1. The van der Waals surface area contributed by atoms with Crippen molar-refractivity contribution in [2.45, 2.75) is 0 Å². The van der Waals surface area contributed by atoms with Gasteiger partial charge in [0.1, 0.15) is 17.3 Å². The third-order valence-electron chi connectivity index (χ3n) is 4.67. The van der Waals surface area contributed by atoms with Gasteiger partial charge in [0.05, 0.1) is 0 Å². The van der Waals surface area contributed by atoms with Gasteiger partial charge in [-0.2, -0.15) is 0 Å². The van der Waals surface area contributed by atoms with E-state index in [1.165, 1.54) is 6.33 Å². The van der Waals surface area contributed by atoms with Crippen molar-refractivity contribution >= 4 is 34.2 Å². The number of hydrogen-bond acceptors (Lipinski definition) is 4. The average molecular weight is 356 g/mol. The highest BCUT2D eigenvalue weighted by Crippen LogP contribution is 2.22. The van der Waals surface area contributed by atoms with Crippen molar-refractivity contribution in [1.82, 2.24) is 19.4 Å². The Kier molecular flexibility index (Phi) is 4.05. The molecule has 0 spiro atoms. The lowest BCUT2D eigenvalue weighted by Crippen LogP contribution is -2.49. The van der Waals surface area contributed by atoms with Crippen LogP contribution in [-0.4, -0.2) is 51.5 Å². The van der Waals surface area contributed by atoms with Crippen LogP contribution in [0.15, 0.2) is 42.9 Å². The van der Waals surface area contributed by atoms with Crippen molar-refractivity contribution in [3.63, 3.8) is 0 Å². The Balaban J connectivity index is 1.51. The van der Waals surface area contributed by atoms with Crippen molar-refractivity contribution in [3.05, 3.63) is 53.6 Å². The molecule has 3 aromatic rings. The van der Waals surface area contributed by atoms with E-state index in [0.29, 0.717) is 18.2 Å². The largest absolute Gasteiger partial charge is 0.353 e. The highest BCUT2D eigenvalue weighted by molar-refractivity contribution is 6.29. The van der Waals surface area contributed by atoms with E-state index in [2.05, 4.69) is 14.9 Å². The number of piperazine rings is 1. The van der Waals surface area contributed by atoms with Gasteiger partial charge in [-0.25, -0.2) is 9.97 Å². The van der Waals surface area contributed by atoms with Crippen LogP contribution in [0.5, 0.6) is 0 Å². The minimum Gasteiger partial charge on any atom is -0.353 e. The van der Waals surface area contributed by atoms with Crippen molar-refractivity contribution < 1.29 is 4.79 Å². The normalized spacial score (nSPS) is 15.0. The highest BCUT2D eigenvalue weighted by atomic mass is 35.5. The second kappa shape index (κ2) is 6.37. The Bertz CT molecular complexity index is 930. The molecule has 1 amide bonds. The predicted octanol–water partition coefficient (Wildman–Crippen LogP) is 2.58. The molecule has 4 rings (SSSR count). The summed E-state index contributed by atoms with van der Waals surface area (Å²) in [6.07, 6.45) is 3.45. The number of aryl methyl sites for hydroxylation is 1. The summed E-state index contributed by atoms with van der Waals surface area (Å²) in [5.74, 6) is 0.884. The molecule has 0 unspecified atom stereocenters. The van der Waals surface area contributed by atoms with Crippen LogP contribution in [0, 0.1) is 0 Å². The quantitative estimate of drug-likeness (QED) is 0.663. The molecule has 0 aliphatic carbocycles. The average Bonchev–Trinajstić information content (AvgIpc) is 3.03. The van der Waals surface area contributed by atoms with Gasteiger partial charge in [-0.1, -0.05) is 17.7 Å². The van der Waals surface area contributed by atoms with Gasteiger partial charge in [0.25, 0.3) is 5.91 Å². The van der Waals surface area contributed by atoms with E-state index >= 15 is 0 Å². The molecule has 6 nitrogen and oxygen atoms in total. The highest BCUT2D eigenvalue weighted by Gasteiger charge is 2.24. The van der Waals surface area contributed by atoms with E-state index in [1.54, 1.807) is 6.07 Å². The zero-order valence-electron chi connectivity index (χ0n) is 13.9. The lowest BCUT2D eigenvalue weighted by atomic mass is 10.1. The van der Waals surface area contributed by atoms with Gasteiger partial charge in [-0.3, -0.25) is 4.79 Å². The van der Waals surface area contributed by atoms with Gasteiger partial charge < -0.3 is 14.4 Å². The minimum atomic E-state index is 0.0807. The number of carbonyl (C=O) groups excluding carboxylic acids is 1. The molecule has 2 aromatic heterocycles. The first-order valence-electron chi connectivity index (χ1n) is 8.19. The topological polar surface area (TPSA) is 54.3 Å². The summed E-state index contributed by atoms with van der Waals surface area (Å²) in [6, 6.07) is 9.63. The molecule has 0 saturated carbocycles. The van der Waals surface area contributed by atoms with Gasteiger partial charge in [0.15, 0.2) is 0 Å². The molecule has 1 aromatic carbocycles. The van der Waals surface area contributed by atoms with Crippen molar-refractivity contribution in [1.29, 1.82) is 0 Å². The lowest BCUT2D eigenvalue weighted by molar-refractivity contribution is 0.0748. The van der Waals surface area contributed by atoms with Crippen molar-refractivity contribution in [2.24, 2.45) is 7.05 Å². The molecule has 128 valence electrons. The number of rotatable bonds is 2. The van der Waals surface area contributed by atoms with Crippen LogP contribution in [0.25, 0.3) is 10.9 Å². The molecule has 1 aliphatic rings. The van der Waals surface area contributed by atoms with Crippen LogP contribution in [-0.2, 0) is 7.05 Å². The molecule has 1 fully saturated rings.